The smallest absolute Gasteiger partial charge is 0.407 e. The van der Waals surface area contributed by atoms with Gasteiger partial charge in [-0.25, -0.2) is 27.2 Å². The Morgan fingerprint density at radius 1 is 0.592 bits per heavy atom. The summed E-state index contributed by atoms with van der Waals surface area (Å²) in [4.78, 5) is 55.1. The molecule has 386 valence electrons. The number of ether oxygens (including phenoxy) is 2. The molecule has 2 saturated heterocycles. The van der Waals surface area contributed by atoms with Crippen LogP contribution in [0.4, 0.5) is 38.5 Å². The fourth-order valence-electron chi connectivity index (χ4n) is 8.55. The molecule has 0 radical (unpaired) electrons. The van der Waals surface area contributed by atoms with E-state index in [1.165, 1.54) is 24.3 Å². The van der Waals surface area contributed by atoms with Gasteiger partial charge < -0.3 is 51.6 Å². The topological polar surface area (TPSA) is 179 Å². The number of benzene rings is 4. The van der Waals surface area contributed by atoms with Gasteiger partial charge >= 0.3 is 12.2 Å². The van der Waals surface area contributed by atoms with Gasteiger partial charge in [0, 0.05) is 63.2 Å². The molecule has 2 heterocycles. The van der Waals surface area contributed by atoms with Crippen molar-refractivity contribution in [2.45, 2.75) is 128 Å². The maximum absolute atomic E-state index is 14.4. The van der Waals surface area contributed by atoms with Gasteiger partial charge in [0.15, 0.2) is 0 Å². The fourth-order valence-corrected chi connectivity index (χ4v) is 8.55. The van der Waals surface area contributed by atoms with E-state index in [0.29, 0.717) is 61.5 Å². The highest BCUT2D eigenvalue weighted by molar-refractivity contribution is 5.80. The molecular weight excluding hydrogens is 921 g/mol. The van der Waals surface area contributed by atoms with E-state index in [4.69, 9.17) is 15.2 Å². The molecule has 4 amide bonds. The minimum absolute atomic E-state index is 0.0276. The van der Waals surface area contributed by atoms with Gasteiger partial charge in [0.05, 0.1) is 23.5 Å². The summed E-state index contributed by atoms with van der Waals surface area (Å²) in [5.74, 6) is -1.94. The van der Waals surface area contributed by atoms with Crippen molar-refractivity contribution in [2.75, 3.05) is 43.9 Å². The van der Waals surface area contributed by atoms with E-state index in [1.54, 1.807) is 124 Å². The Labute approximate surface area is 414 Å². The van der Waals surface area contributed by atoms with Gasteiger partial charge in [0.1, 0.15) is 34.5 Å². The van der Waals surface area contributed by atoms with Crippen LogP contribution in [0.25, 0.3) is 0 Å². The number of alkyl carbamates (subject to hydrolysis) is 2. The van der Waals surface area contributed by atoms with Gasteiger partial charge in [-0.2, -0.15) is 0 Å². The van der Waals surface area contributed by atoms with Crippen LogP contribution in [0, 0.1) is 23.3 Å². The average Bonchev–Trinajstić information content (AvgIpc) is 3.89. The lowest BCUT2D eigenvalue weighted by atomic mass is 10.0. The third-order valence-electron chi connectivity index (χ3n) is 11.8. The Balaban J connectivity index is 0.000000264. The predicted molar refractivity (Wildman–Crippen MR) is 267 cm³/mol. The maximum atomic E-state index is 14.4. The molecule has 0 saturated carbocycles. The lowest BCUT2D eigenvalue weighted by Gasteiger charge is -2.28. The number of halogens is 4. The standard InChI is InChI=1S/C27H36F2N4O3.C26H34F2N4O3/c1-27(2,3)36-26(35)32-19(13-18-9-5-6-10-22(18)28)15-25(34)33-17-20(30-4)14-21(33)16-31-24-12-8-7-11-23(24)29;1-26(2,3)35-25(34)31-19(12-17-8-4-5-9-21(17)27)14-24(33)32-16-18(29)13-20(32)15-30-23-11-7-6-10-22(23)28/h5-12,19-21,30-31H,13-17H2,1-4H3,(H,32,35);4-11,18-20,30H,12-16,29H2,1-3H3,(H,31,34)/t19-,20+,21+;18-,19+,20-/m10/s1. The number of likely N-dealkylation sites (N-methyl/N-ethyl adjacent to an activating group) is 1. The summed E-state index contributed by atoms with van der Waals surface area (Å²) in [6, 6.07) is 23.4. The Hall–Kier alpha value is -6.40. The van der Waals surface area contributed by atoms with Crippen molar-refractivity contribution in [1.82, 2.24) is 25.8 Å². The van der Waals surface area contributed by atoms with E-state index in [-0.39, 0.29) is 73.3 Å². The molecule has 6 atom stereocenters. The predicted octanol–water partition coefficient (Wildman–Crippen LogP) is 7.92. The highest BCUT2D eigenvalue weighted by Gasteiger charge is 2.37. The number of amides is 4. The maximum Gasteiger partial charge on any atom is 0.407 e. The van der Waals surface area contributed by atoms with E-state index in [1.807, 2.05) is 7.05 Å². The average molecular weight is 991 g/mol. The van der Waals surface area contributed by atoms with Crippen molar-refractivity contribution >= 4 is 35.4 Å². The van der Waals surface area contributed by atoms with Crippen LogP contribution in [0.3, 0.4) is 0 Å². The first kappa shape index (κ1) is 55.5. The van der Waals surface area contributed by atoms with Gasteiger partial charge in [-0.15, -0.1) is 0 Å². The number of likely N-dealkylation sites (tertiary alicyclic amines) is 2. The molecule has 18 heteroatoms. The Morgan fingerprint density at radius 2 is 0.972 bits per heavy atom. The van der Waals surface area contributed by atoms with Crippen molar-refractivity contribution in [2.24, 2.45) is 5.73 Å². The SMILES string of the molecule is CC(C)(C)OC(=O)N[C@@H](CC(=O)N1C[C@@H](N)C[C@H]1CNc1ccccc1F)Cc1ccccc1F.CN[C@H]1C[C@@H](CNc2ccccc2F)N(C(=O)C[C@@H](Cc2ccccc2F)NC(=O)OC(C)(C)C)C1. The Kier molecular flexibility index (Phi) is 20.0. The van der Waals surface area contributed by atoms with Crippen molar-refractivity contribution in [3.63, 3.8) is 0 Å². The summed E-state index contributed by atoms with van der Waals surface area (Å²) >= 11 is 0. The lowest BCUT2D eigenvalue weighted by Crippen LogP contribution is -2.46. The highest BCUT2D eigenvalue weighted by atomic mass is 19.1. The molecule has 0 spiro atoms. The molecule has 2 aliphatic heterocycles. The largest absolute Gasteiger partial charge is 0.444 e. The van der Waals surface area contributed by atoms with Crippen LogP contribution >= 0.6 is 0 Å². The second-order valence-electron chi connectivity index (χ2n) is 20.0. The Morgan fingerprint density at radius 3 is 1.37 bits per heavy atom. The minimum atomic E-state index is -0.720. The summed E-state index contributed by atoms with van der Waals surface area (Å²) < 4.78 is 67.5. The first-order valence-electron chi connectivity index (χ1n) is 24.0. The molecule has 4 aromatic rings. The lowest BCUT2D eigenvalue weighted by molar-refractivity contribution is -0.133. The molecule has 0 unspecified atom stereocenters. The third kappa shape index (κ3) is 18.1. The molecule has 7 N–H and O–H groups in total. The van der Waals surface area contributed by atoms with Crippen LogP contribution in [0.2, 0.25) is 0 Å². The first-order valence-corrected chi connectivity index (χ1v) is 24.0. The van der Waals surface area contributed by atoms with Crippen molar-refractivity contribution in [3.8, 4) is 0 Å². The number of anilines is 2. The van der Waals surface area contributed by atoms with Crippen molar-refractivity contribution < 1.29 is 46.2 Å². The number of nitrogens with one attached hydrogen (secondary N) is 5. The van der Waals surface area contributed by atoms with Crippen LogP contribution < -0.4 is 32.3 Å². The number of carbonyl (C=O) groups excluding carboxylic acids is 4. The van der Waals surface area contributed by atoms with Crippen LogP contribution in [-0.2, 0) is 31.9 Å². The highest BCUT2D eigenvalue weighted by Crippen LogP contribution is 2.24. The van der Waals surface area contributed by atoms with E-state index >= 15 is 0 Å². The summed E-state index contributed by atoms with van der Waals surface area (Å²) in [7, 11) is 1.84. The van der Waals surface area contributed by atoms with Gasteiger partial charge in [-0.3, -0.25) is 9.59 Å². The van der Waals surface area contributed by atoms with E-state index < -0.39 is 47.1 Å². The second kappa shape index (κ2) is 25.6. The van der Waals surface area contributed by atoms with Crippen LogP contribution in [-0.4, -0.2) is 114 Å². The van der Waals surface area contributed by atoms with Gasteiger partial charge in [-0.1, -0.05) is 60.7 Å². The third-order valence-corrected chi connectivity index (χ3v) is 11.8. The van der Waals surface area contributed by atoms with Crippen LogP contribution in [0.1, 0.15) is 78.4 Å². The Bertz CT molecular complexity index is 2400. The zero-order chi connectivity index (χ0) is 51.9. The molecular formula is C53H70F4N8O6. The normalized spacial score (nSPS) is 18.6. The number of nitrogens with zero attached hydrogens (tertiary/aromatic N) is 2. The van der Waals surface area contributed by atoms with Crippen LogP contribution in [0.15, 0.2) is 97.1 Å². The molecule has 14 nitrogen and oxygen atoms in total. The number of para-hydroxylation sites is 2. The molecule has 4 aromatic carbocycles. The monoisotopic (exact) mass is 991 g/mol. The minimum Gasteiger partial charge on any atom is -0.444 e. The van der Waals surface area contributed by atoms with E-state index in [2.05, 4.69) is 26.6 Å². The summed E-state index contributed by atoms with van der Waals surface area (Å²) in [6.45, 7) is 12.0. The zero-order valence-electron chi connectivity index (χ0n) is 41.7. The summed E-state index contributed by atoms with van der Waals surface area (Å²) in [5, 5.41) is 14.8. The van der Waals surface area contributed by atoms with Crippen molar-refractivity contribution in [1.29, 1.82) is 0 Å². The van der Waals surface area contributed by atoms with E-state index in [9.17, 15) is 36.7 Å². The molecule has 71 heavy (non-hydrogen) atoms. The van der Waals surface area contributed by atoms with Gasteiger partial charge in [0.2, 0.25) is 11.8 Å². The van der Waals surface area contributed by atoms with Crippen LogP contribution in [0.5, 0.6) is 0 Å². The van der Waals surface area contributed by atoms with Crippen molar-refractivity contribution in [3.05, 3.63) is 131 Å². The number of nitrogens with two attached hydrogens (primary N) is 1. The number of hydrogen-bond acceptors (Lipinski definition) is 10. The summed E-state index contributed by atoms with van der Waals surface area (Å²) in [6.07, 6.45) is 0.0867. The zero-order valence-corrected chi connectivity index (χ0v) is 41.7. The van der Waals surface area contributed by atoms with Gasteiger partial charge in [-0.05, 0) is 122 Å². The molecule has 2 fully saturated rings. The summed E-state index contributed by atoms with van der Waals surface area (Å²) in [5.41, 5.74) is 6.22. The van der Waals surface area contributed by atoms with Gasteiger partial charge in [0.25, 0.3) is 0 Å². The number of rotatable bonds is 17. The van der Waals surface area contributed by atoms with E-state index in [0.717, 1.165) is 0 Å². The molecule has 0 aliphatic carbocycles. The number of hydrogen-bond donors (Lipinski definition) is 6. The first-order chi connectivity index (χ1) is 33.6. The molecule has 0 bridgehead atoms. The molecule has 6 rings (SSSR count). The number of carbonyl (C=O) groups is 4. The second-order valence-corrected chi connectivity index (χ2v) is 20.0. The fraction of sp³-hybridized carbons (Fsp3) is 0.472. The molecule has 0 aromatic heterocycles. The quantitative estimate of drug-likeness (QED) is 0.0570. The molecule has 2 aliphatic rings.